The van der Waals surface area contributed by atoms with Gasteiger partial charge in [-0.25, -0.2) is 4.98 Å². The molecule has 0 bridgehead atoms. The summed E-state index contributed by atoms with van der Waals surface area (Å²) in [5.41, 5.74) is 2.67. The maximum atomic E-state index is 12.2. The molecule has 0 aliphatic rings. The molecule has 0 spiro atoms. The van der Waals surface area contributed by atoms with Crippen molar-refractivity contribution < 1.29 is 9.53 Å². The summed E-state index contributed by atoms with van der Waals surface area (Å²) in [5, 5.41) is 0. The van der Waals surface area contributed by atoms with Gasteiger partial charge in [-0.05, 0) is 19.4 Å². The van der Waals surface area contributed by atoms with Gasteiger partial charge in [0.25, 0.3) is 5.56 Å². The monoisotopic (exact) mass is 326 g/mol. The van der Waals surface area contributed by atoms with Gasteiger partial charge in [0.15, 0.2) is 0 Å². The number of aromatic amines is 1. The molecule has 3 aromatic heterocycles. The van der Waals surface area contributed by atoms with Crippen molar-refractivity contribution in [3.05, 3.63) is 47.4 Å². The lowest BCUT2D eigenvalue weighted by Gasteiger charge is -2.04. The van der Waals surface area contributed by atoms with Crippen LogP contribution in [0.3, 0.4) is 0 Å². The van der Waals surface area contributed by atoms with Gasteiger partial charge < -0.3 is 14.3 Å². The summed E-state index contributed by atoms with van der Waals surface area (Å²) >= 11 is 0. The van der Waals surface area contributed by atoms with Crippen molar-refractivity contribution in [1.29, 1.82) is 0 Å². The number of rotatable bonds is 6. The van der Waals surface area contributed by atoms with E-state index in [2.05, 4.69) is 15.0 Å². The summed E-state index contributed by atoms with van der Waals surface area (Å²) < 4.78 is 6.76. The van der Waals surface area contributed by atoms with Crippen molar-refractivity contribution in [2.75, 3.05) is 6.61 Å². The molecule has 3 rings (SSSR count). The fourth-order valence-electron chi connectivity index (χ4n) is 2.67. The highest BCUT2D eigenvalue weighted by atomic mass is 16.5. The van der Waals surface area contributed by atoms with E-state index in [1.165, 1.54) is 6.33 Å². The lowest BCUT2D eigenvalue weighted by Crippen LogP contribution is -2.12. The Hall–Kier alpha value is -2.96. The zero-order valence-corrected chi connectivity index (χ0v) is 13.4. The highest BCUT2D eigenvalue weighted by molar-refractivity contribution is 5.92. The van der Waals surface area contributed by atoms with Crippen molar-refractivity contribution in [2.24, 2.45) is 0 Å². The van der Waals surface area contributed by atoms with Gasteiger partial charge in [0.1, 0.15) is 11.0 Å². The third-order valence-corrected chi connectivity index (χ3v) is 3.71. The zero-order chi connectivity index (χ0) is 16.9. The molecule has 7 nitrogen and oxygen atoms in total. The second-order valence-electron chi connectivity index (χ2n) is 5.32. The van der Waals surface area contributed by atoms with E-state index >= 15 is 0 Å². The molecule has 0 aliphatic carbocycles. The Morgan fingerprint density at radius 1 is 1.42 bits per heavy atom. The molecule has 7 heteroatoms. The number of ether oxygens (including phenoxy) is 1. The second-order valence-corrected chi connectivity index (χ2v) is 5.32. The average Bonchev–Trinajstić information content (AvgIpc) is 2.96. The number of nitrogens with one attached hydrogen (secondary N) is 1. The van der Waals surface area contributed by atoms with Gasteiger partial charge >= 0.3 is 5.97 Å². The molecule has 0 aromatic carbocycles. The molecule has 0 aliphatic heterocycles. The number of esters is 1. The van der Waals surface area contributed by atoms with Crippen LogP contribution in [0.25, 0.3) is 22.2 Å². The molecule has 0 atom stereocenters. The van der Waals surface area contributed by atoms with Crippen molar-refractivity contribution >= 4 is 17.0 Å². The number of nitrogens with zero attached hydrogens (tertiary/aromatic N) is 3. The molecule has 124 valence electrons. The highest BCUT2D eigenvalue weighted by Gasteiger charge is 2.14. The van der Waals surface area contributed by atoms with Crippen LogP contribution in [-0.4, -0.2) is 32.1 Å². The predicted octanol–water partition coefficient (Wildman–Crippen LogP) is 2.13. The number of fused-ring (bicyclic) bond motifs is 1. The van der Waals surface area contributed by atoms with Gasteiger partial charge in [-0.1, -0.05) is 6.07 Å². The number of hydrogen-bond donors (Lipinski definition) is 1. The van der Waals surface area contributed by atoms with Gasteiger partial charge in [-0.15, -0.1) is 0 Å². The van der Waals surface area contributed by atoms with Gasteiger partial charge in [-0.3, -0.25) is 14.6 Å². The van der Waals surface area contributed by atoms with Crippen LogP contribution in [0.5, 0.6) is 0 Å². The standard InChI is InChI=1S/C17H18N4O3/c1-2-24-14(22)6-4-8-21-10-13(12-5-3-7-18-9-12)15-16(21)17(23)20-11-19-15/h3,5,7,9-11H,2,4,6,8H2,1H3,(H,19,20,23). The lowest BCUT2D eigenvalue weighted by atomic mass is 10.1. The number of carbonyl (C=O) groups is 1. The van der Waals surface area contributed by atoms with E-state index < -0.39 is 0 Å². The molecule has 1 N–H and O–H groups in total. The van der Waals surface area contributed by atoms with Gasteiger partial charge in [0.2, 0.25) is 0 Å². The summed E-state index contributed by atoms with van der Waals surface area (Å²) in [4.78, 5) is 34.7. The number of H-pyrrole nitrogens is 1. The quantitative estimate of drug-likeness (QED) is 0.701. The number of hydrogen-bond acceptors (Lipinski definition) is 5. The molecule has 0 fully saturated rings. The average molecular weight is 326 g/mol. The normalized spacial score (nSPS) is 10.9. The minimum absolute atomic E-state index is 0.203. The van der Waals surface area contributed by atoms with Gasteiger partial charge in [0, 0.05) is 42.7 Å². The molecule has 0 saturated heterocycles. The number of carbonyl (C=O) groups excluding carboxylic acids is 1. The van der Waals surface area contributed by atoms with Crippen LogP contribution in [-0.2, 0) is 16.1 Å². The molecular formula is C17H18N4O3. The van der Waals surface area contributed by atoms with Crippen LogP contribution in [0, 0.1) is 0 Å². The molecule has 0 amide bonds. The van der Waals surface area contributed by atoms with E-state index in [1.54, 1.807) is 19.3 Å². The summed E-state index contributed by atoms with van der Waals surface area (Å²) in [6, 6.07) is 3.76. The molecule has 3 aromatic rings. The molecule has 0 radical (unpaired) electrons. The largest absolute Gasteiger partial charge is 0.466 e. The first-order valence-electron chi connectivity index (χ1n) is 7.83. The van der Waals surface area contributed by atoms with Gasteiger partial charge in [0.05, 0.1) is 12.9 Å². The third-order valence-electron chi connectivity index (χ3n) is 3.71. The summed E-state index contributed by atoms with van der Waals surface area (Å²) in [7, 11) is 0. The first-order chi connectivity index (χ1) is 11.7. The van der Waals surface area contributed by atoms with Crippen molar-refractivity contribution in [3.63, 3.8) is 0 Å². The van der Waals surface area contributed by atoms with Crippen LogP contribution < -0.4 is 5.56 Å². The first-order valence-corrected chi connectivity index (χ1v) is 7.83. The van der Waals surface area contributed by atoms with Gasteiger partial charge in [-0.2, -0.15) is 0 Å². The Labute approximate surface area is 138 Å². The fourth-order valence-corrected chi connectivity index (χ4v) is 2.67. The van der Waals surface area contributed by atoms with E-state index in [-0.39, 0.29) is 11.5 Å². The zero-order valence-electron chi connectivity index (χ0n) is 13.4. The Morgan fingerprint density at radius 3 is 3.04 bits per heavy atom. The Bertz CT molecular complexity index is 899. The second kappa shape index (κ2) is 7.08. The maximum Gasteiger partial charge on any atom is 0.305 e. The number of pyridine rings is 1. The predicted molar refractivity (Wildman–Crippen MR) is 89.5 cm³/mol. The highest BCUT2D eigenvalue weighted by Crippen LogP contribution is 2.26. The third kappa shape index (κ3) is 3.19. The van der Waals surface area contributed by atoms with Crippen LogP contribution in [0.15, 0.2) is 41.8 Å². The molecule has 24 heavy (non-hydrogen) atoms. The van der Waals surface area contributed by atoms with Crippen LogP contribution in [0.2, 0.25) is 0 Å². The van der Waals surface area contributed by atoms with Crippen LogP contribution in [0.4, 0.5) is 0 Å². The van der Waals surface area contributed by atoms with E-state index in [4.69, 9.17) is 4.74 Å². The van der Waals surface area contributed by atoms with Crippen molar-refractivity contribution in [3.8, 4) is 11.1 Å². The van der Waals surface area contributed by atoms with E-state index in [9.17, 15) is 9.59 Å². The number of aryl methyl sites for hydroxylation is 1. The Kier molecular flexibility index (Phi) is 4.69. The molecule has 3 heterocycles. The van der Waals surface area contributed by atoms with Crippen LogP contribution >= 0.6 is 0 Å². The van der Waals surface area contributed by atoms with Crippen LogP contribution in [0.1, 0.15) is 19.8 Å². The smallest absolute Gasteiger partial charge is 0.305 e. The minimum Gasteiger partial charge on any atom is -0.466 e. The Morgan fingerprint density at radius 2 is 2.29 bits per heavy atom. The first kappa shape index (κ1) is 15.9. The summed E-state index contributed by atoms with van der Waals surface area (Å²) in [6.45, 7) is 2.69. The molecule has 0 unspecified atom stereocenters. The van der Waals surface area contributed by atoms with E-state index in [0.717, 1.165) is 11.1 Å². The van der Waals surface area contributed by atoms with E-state index in [0.29, 0.717) is 37.0 Å². The summed E-state index contributed by atoms with van der Waals surface area (Å²) in [6.07, 6.45) is 7.61. The minimum atomic E-state index is -0.228. The van der Waals surface area contributed by atoms with Crippen molar-refractivity contribution in [2.45, 2.75) is 26.3 Å². The van der Waals surface area contributed by atoms with Crippen molar-refractivity contribution in [1.82, 2.24) is 19.5 Å². The van der Waals surface area contributed by atoms with E-state index in [1.807, 2.05) is 22.9 Å². The SMILES string of the molecule is CCOC(=O)CCCn1cc(-c2cccnc2)c2nc[nH]c(=O)c21. The Balaban J connectivity index is 1.94. The molecular weight excluding hydrogens is 308 g/mol. The molecule has 0 saturated carbocycles. The number of aromatic nitrogens is 4. The lowest BCUT2D eigenvalue weighted by molar-refractivity contribution is -0.143. The summed E-state index contributed by atoms with van der Waals surface area (Å²) in [5.74, 6) is -0.228. The topological polar surface area (TPSA) is 89.9 Å². The fraction of sp³-hybridized carbons (Fsp3) is 0.294. The maximum absolute atomic E-state index is 12.2.